The van der Waals surface area contributed by atoms with Crippen molar-refractivity contribution < 1.29 is 0 Å². The molecular formula is C19H24. The molecule has 2 rings (SSSR count). The van der Waals surface area contributed by atoms with Gasteiger partial charge in [0.15, 0.2) is 0 Å². The Balaban J connectivity index is 2.69. The summed E-state index contributed by atoms with van der Waals surface area (Å²) >= 11 is 0. The number of rotatable bonds is 2. The lowest BCUT2D eigenvalue weighted by Crippen LogP contribution is -2.15. The standard InChI is InChI=1S/C19H24/c1-14(2)18-16(15-10-7-6-8-11-15)12-9-13-17(18)19(3,4)5/h6-14H,1-5H3. The van der Waals surface area contributed by atoms with Crippen LogP contribution in [-0.2, 0) is 5.41 Å². The molecule has 2 aromatic carbocycles. The van der Waals surface area contributed by atoms with Crippen molar-refractivity contribution in [3.8, 4) is 11.1 Å². The van der Waals surface area contributed by atoms with E-state index in [1.54, 1.807) is 0 Å². The Morgan fingerprint density at radius 3 is 1.95 bits per heavy atom. The molecule has 0 aliphatic heterocycles. The third kappa shape index (κ3) is 2.89. The molecule has 0 fully saturated rings. The molecule has 0 heterocycles. The van der Waals surface area contributed by atoms with Gasteiger partial charge in [0, 0.05) is 0 Å². The first-order valence-electron chi connectivity index (χ1n) is 7.10. The van der Waals surface area contributed by atoms with Gasteiger partial charge in [-0.1, -0.05) is 83.1 Å². The molecule has 19 heavy (non-hydrogen) atoms. The third-order valence-electron chi connectivity index (χ3n) is 3.58. The highest BCUT2D eigenvalue weighted by Crippen LogP contribution is 2.37. The van der Waals surface area contributed by atoms with E-state index in [1.807, 2.05) is 0 Å². The number of hydrogen-bond acceptors (Lipinski definition) is 0. The van der Waals surface area contributed by atoms with E-state index in [-0.39, 0.29) is 5.41 Å². The minimum absolute atomic E-state index is 0.185. The van der Waals surface area contributed by atoms with E-state index in [1.165, 1.54) is 22.3 Å². The zero-order valence-corrected chi connectivity index (χ0v) is 12.7. The average Bonchev–Trinajstić information content (AvgIpc) is 2.37. The second kappa shape index (κ2) is 5.21. The van der Waals surface area contributed by atoms with Crippen molar-refractivity contribution in [2.24, 2.45) is 0 Å². The molecule has 0 heteroatoms. The zero-order valence-electron chi connectivity index (χ0n) is 12.7. The van der Waals surface area contributed by atoms with Crippen molar-refractivity contribution in [1.29, 1.82) is 0 Å². The Bertz CT molecular complexity index is 542. The third-order valence-corrected chi connectivity index (χ3v) is 3.58. The van der Waals surface area contributed by atoms with Gasteiger partial charge < -0.3 is 0 Å². The second-order valence-electron chi connectivity index (χ2n) is 6.54. The van der Waals surface area contributed by atoms with E-state index in [9.17, 15) is 0 Å². The Morgan fingerprint density at radius 1 is 0.789 bits per heavy atom. The summed E-state index contributed by atoms with van der Waals surface area (Å²) in [5.41, 5.74) is 5.83. The molecule has 0 spiro atoms. The molecule has 2 aromatic rings. The Hall–Kier alpha value is -1.56. The van der Waals surface area contributed by atoms with E-state index in [2.05, 4.69) is 83.1 Å². The summed E-state index contributed by atoms with van der Waals surface area (Å²) in [6.07, 6.45) is 0. The van der Waals surface area contributed by atoms with Crippen molar-refractivity contribution in [1.82, 2.24) is 0 Å². The van der Waals surface area contributed by atoms with Crippen LogP contribution >= 0.6 is 0 Å². The van der Waals surface area contributed by atoms with Gasteiger partial charge in [-0.05, 0) is 33.6 Å². The highest BCUT2D eigenvalue weighted by atomic mass is 14.3. The average molecular weight is 252 g/mol. The number of benzene rings is 2. The fourth-order valence-corrected chi connectivity index (χ4v) is 2.71. The highest BCUT2D eigenvalue weighted by Gasteiger charge is 2.21. The quantitative estimate of drug-likeness (QED) is 0.636. The van der Waals surface area contributed by atoms with E-state index >= 15 is 0 Å². The molecular weight excluding hydrogens is 228 g/mol. The second-order valence-corrected chi connectivity index (χ2v) is 6.54. The fraction of sp³-hybridized carbons (Fsp3) is 0.368. The highest BCUT2D eigenvalue weighted by molar-refractivity contribution is 5.70. The summed E-state index contributed by atoms with van der Waals surface area (Å²) in [6, 6.07) is 17.4. The van der Waals surface area contributed by atoms with Gasteiger partial charge in [-0.2, -0.15) is 0 Å². The van der Waals surface area contributed by atoms with Crippen molar-refractivity contribution in [3.63, 3.8) is 0 Å². The minimum atomic E-state index is 0.185. The van der Waals surface area contributed by atoms with Gasteiger partial charge in [-0.3, -0.25) is 0 Å². The summed E-state index contributed by atoms with van der Waals surface area (Å²) in [4.78, 5) is 0. The van der Waals surface area contributed by atoms with Crippen LogP contribution in [0.4, 0.5) is 0 Å². The summed E-state index contributed by atoms with van der Waals surface area (Å²) in [5.74, 6) is 0.533. The molecule has 0 bridgehead atoms. The molecule has 0 unspecified atom stereocenters. The Labute approximate surface area is 117 Å². The van der Waals surface area contributed by atoms with Crippen LogP contribution in [0.2, 0.25) is 0 Å². The summed E-state index contributed by atoms with van der Waals surface area (Å²) in [6.45, 7) is 11.5. The van der Waals surface area contributed by atoms with Gasteiger partial charge in [-0.15, -0.1) is 0 Å². The van der Waals surface area contributed by atoms with Crippen LogP contribution < -0.4 is 0 Å². The predicted molar refractivity (Wildman–Crippen MR) is 84.7 cm³/mol. The molecule has 100 valence electrons. The molecule has 0 radical (unpaired) electrons. The zero-order chi connectivity index (χ0) is 14.0. The molecule has 0 atom stereocenters. The first-order chi connectivity index (χ1) is 8.91. The lowest BCUT2D eigenvalue weighted by atomic mass is 9.78. The summed E-state index contributed by atoms with van der Waals surface area (Å²) in [7, 11) is 0. The topological polar surface area (TPSA) is 0 Å². The van der Waals surface area contributed by atoms with E-state index in [0.29, 0.717) is 5.92 Å². The summed E-state index contributed by atoms with van der Waals surface area (Å²) < 4.78 is 0. The van der Waals surface area contributed by atoms with E-state index < -0.39 is 0 Å². The molecule has 0 saturated carbocycles. The van der Waals surface area contributed by atoms with E-state index in [0.717, 1.165) is 0 Å². The normalized spacial score (nSPS) is 11.9. The van der Waals surface area contributed by atoms with Gasteiger partial charge >= 0.3 is 0 Å². The smallest absolute Gasteiger partial charge is 0.0129 e. The predicted octanol–water partition coefficient (Wildman–Crippen LogP) is 5.77. The molecule has 0 saturated heterocycles. The molecule has 0 nitrogen and oxygen atoms in total. The molecule has 0 aliphatic carbocycles. The van der Waals surface area contributed by atoms with Crippen LogP contribution in [0.1, 0.15) is 51.7 Å². The monoisotopic (exact) mass is 252 g/mol. The van der Waals surface area contributed by atoms with Crippen LogP contribution in [0.5, 0.6) is 0 Å². The maximum absolute atomic E-state index is 2.29. The maximum atomic E-state index is 2.29. The summed E-state index contributed by atoms with van der Waals surface area (Å²) in [5, 5.41) is 0. The number of hydrogen-bond donors (Lipinski definition) is 0. The van der Waals surface area contributed by atoms with Crippen LogP contribution in [-0.4, -0.2) is 0 Å². The first kappa shape index (κ1) is 13.9. The van der Waals surface area contributed by atoms with Crippen LogP contribution in [0, 0.1) is 0 Å². The molecule has 0 aromatic heterocycles. The molecule has 0 amide bonds. The SMILES string of the molecule is CC(C)c1c(-c2ccccc2)cccc1C(C)(C)C. The lowest BCUT2D eigenvalue weighted by Gasteiger charge is -2.27. The van der Waals surface area contributed by atoms with Gasteiger partial charge in [0.2, 0.25) is 0 Å². The maximum Gasteiger partial charge on any atom is -0.0129 e. The van der Waals surface area contributed by atoms with E-state index in [4.69, 9.17) is 0 Å². The Morgan fingerprint density at radius 2 is 1.42 bits per heavy atom. The van der Waals surface area contributed by atoms with Gasteiger partial charge in [0.25, 0.3) is 0 Å². The van der Waals surface area contributed by atoms with Gasteiger partial charge in [0.1, 0.15) is 0 Å². The largest absolute Gasteiger partial charge is 0.0622 e. The fourth-order valence-electron chi connectivity index (χ4n) is 2.71. The first-order valence-corrected chi connectivity index (χ1v) is 7.10. The lowest BCUT2D eigenvalue weighted by molar-refractivity contribution is 0.577. The van der Waals surface area contributed by atoms with Crippen LogP contribution in [0.25, 0.3) is 11.1 Å². The van der Waals surface area contributed by atoms with Gasteiger partial charge in [0.05, 0.1) is 0 Å². The van der Waals surface area contributed by atoms with Gasteiger partial charge in [-0.25, -0.2) is 0 Å². The molecule has 0 aliphatic rings. The van der Waals surface area contributed by atoms with Crippen molar-refractivity contribution >= 4 is 0 Å². The van der Waals surface area contributed by atoms with Crippen molar-refractivity contribution in [3.05, 3.63) is 59.7 Å². The van der Waals surface area contributed by atoms with Crippen LogP contribution in [0.15, 0.2) is 48.5 Å². The minimum Gasteiger partial charge on any atom is -0.0622 e. The van der Waals surface area contributed by atoms with Crippen molar-refractivity contribution in [2.45, 2.75) is 46.0 Å². The van der Waals surface area contributed by atoms with Crippen LogP contribution in [0.3, 0.4) is 0 Å². The van der Waals surface area contributed by atoms with Crippen molar-refractivity contribution in [2.75, 3.05) is 0 Å². The molecule has 0 N–H and O–H groups in total. The Kier molecular flexibility index (Phi) is 3.80.